The summed E-state index contributed by atoms with van der Waals surface area (Å²) in [5.41, 5.74) is 1.33. The Bertz CT molecular complexity index is 1400. The van der Waals surface area contributed by atoms with Crippen molar-refractivity contribution in [3.63, 3.8) is 0 Å². The van der Waals surface area contributed by atoms with Crippen molar-refractivity contribution in [1.82, 2.24) is 14.6 Å². The molecule has 1 amide bonds. The average Bonchev–Trinajstić information content (AvgIpc) is 3.40. The highest BCUT2D eigenvalue weighted by atomic mass is 35.5. The third kappa shape index (κ3) is 6.55. The van der Waals surface area contributed by atoms with Crippen LogP contribution in [0.5, 0.6) is 5.75 Å². The van der Waals surface area contributed by atoms with Crippen molar-refractivity contribution in [2.24, 2.45) is 0 Å². The van der Waals surface area contributed by atoms with Crippen molar-refractivity contribution in [2.45, 2.75) is 35.5 Å². The van der Waals surface area contributed by atoms with Crippen LogP contribution in [0.2, 0.25) is 4.34 Å². The summed E-state index contributed by atoms with van der Waals surface area (Å²) in [5.74, 6) is -4.71. The molecule has 0 aliphatic carbocycles. The van der Waals surface area contributed by atoms with Gasteiger partial charge >= 0.3 is 6.36 Å². The lowest BCUT2D eigenvalue weighted by atomic mass is 10.1. The van der Waals surface area contributed by atoms with Crippen molar-refractivity contribution in [3.05, 3.63) is 64.6 Å². The number of nitrogens with zero attached hydrogens (tertiary/aromatic N) is 2. The molecule has 1 aliphatic rings. The molecular formula is C22H17ClF5N3O4S2. The molecule has 1 saturated heterocycles. The number of nitrogens with one attached hydrogen (secondary N) is 1. The minimum absolute atomic E-state index is 0.135. The summed E-state index contributed by atoms with van der Waals surface area (Å²) in [6.07, 6.45) is -4.41. The molecule has 0 spiro atoms. The van der Waals surface area contributed by atoms with Gasteiger partial charge in [0.05, 0.1) is 16.6 Å². The number of thiophene rings is 1. The smallest absolute Gasteiger partial charge is 0.406 e. The molecule has 3 heterocycles. The molecule has 4 rings (SSSR count). The number of amides is 1. The Balaban J connectivity index is 1.46. The van der Waals surface area contributed by atoms with Gasteiger partial charge in [-0.1, -0.05) is 11.6 Å². The number of benzene rings is 1. The van der Waals surface area contributed by atoms with E-state index in [0.29, 0.717) is 32.5 Å². The molecule has 0 saturated carbocycles. The molecule has 7 nitrogen and oxygen atoms in total. The van der Waals surface area contributed by atoms with Crippen molar-refractivity contribution < 1.29 is 39.9 Å². The molecule has 0 unspecified atom stereocenters. The van der Waals surface area contributed by atoms with E-state index < -0.39 is 53.0 Å². The van der Waals surface area contributed by atoms with E-state index in [-0.39, 0.29) is 15.1 Å². The van der Waals surface area contributed by atoms with Gasteiger partial charge in [-0.05, 0) is 54.1 Å². The SMILES string of the molecule is O=C(NCc1ccnc(-c2ccc(OC(F)(F)F)cc2)c1)[C@@H]1CC(F)(F)CN1S(=O)(=O)c1ccc(Cl)s1. The number of ether oxygens (including phenoxy) is 1. The van der Waals surface area contributed by atoms with Crippen molar-refractivity contribution in [3.8, 4) is 17.0 Å². The van der Waals surface area contributed by atoms with Gasteiger partial charge in [0.25, 0.3) is 15.9 Å². The first kappa shape index (κ1) is 27.2. The van der Waals surface area contributed by atoms with Crippen LogP contribution in [0.1, 0.15) is 12.0 Å². The fourth-order valence-corrected chi connectivity index (χ4v) is 6.92. The van der Waals surface area contributed by atoms with E-state index >= 15 is 0 Å². The van der Waals surface area contributed by atoms with Gasteiger partial charge in [-0.15, -0.1) is 24.5 Å². The Kier molecular flexibility index (Phi) is 7.48. The minimum atomic E-state index is -4.83. The molecule has 0 bridgehead atoms. The summed E-state index contributed by atoms with van der Waals surface area (Å²) in [5, 5.41) is 2.48. The fourth-order valence-electron chi connectivity index (χ4n) is 3.69. The van der Waals surface area contributed by atoms with Gasteiger partial charge in [0.1, 0.15) is 16.0 Å². The predicted octanol–water partition coefficient (Wildman–Crippen LogP) is 5.08. The van der Waals surface area contributed by atoms with Gasteiger partial charge in [-0.3, -0.25) is 9.78 Å². The Morgan fingerprint density at radius 1 is 1.19 bits per heavy atom. The zero-order chi connectivity index (χ0) is 27.0. The zero-order valence-corrected chi connectivity index (χ0v) is 20.9. The number of hydrogen-bond acceptors (Lipinski definition) is 6. The molecule has 1 atom stereocenters. The quantitative estimate of drug-likeness (QED) is 0.393. The molecule has 0 radical (unpaired) electrons. The van der Waals surface area contributed by atoms with E-state index in [2.05, 4.69) is 15.0 Å². The number of aromatic nitrogens is 1. The van der Waals surface area contributed by atoms with Crippen LogP contribution in [0.3, 0.4) is 0 Å². The number of pyridine rings is 1. The van der Waals surface area contributed by atoms with E-state index in [0.717, 1.165) is 12.1 Å². The lowest BCUT2D eigenvalue weighted by Gasteiger charge is -2.22. The second-order valence-electron chi connectivity index (χ2n) is 8.02. The lowest BCUT2D eigenvalue weighted by molar-refractivity contribution is -0.274. The van der Waals surface area contributed by atoms with Crippen LogP contribution in [0.4, 0.5) is 22.0 Å². The fraction of sp³-hybridized carbons (Fsp3) is 0.273. The Labute approximate surface area is 216 Å². The minimum Gasteiger partial charge on any atom is -0.406 e. The largest absolute Gasteiger partial charge is 0.573 e. The van der Waals surface area contributed by atoms with Crippen LogP contribution < -0.4 is 10.1 Å². The first-order chi connectivity index (χ1) is 17.2. The summed E-state index contributed by atoms with van der Waals surface area (Å²) >= 11 is 6.48. The molecular weight excluding hydrogens is 565 g/mol. The Hall–Kier alpha value is -2.81. The van der Waals surface area contributed by atoms with Gasteiger partial charge in [-0.2, -0.15) is 4.31 Å². The van der Waals surface area contributed by atoms with Crippen LogP contribution in [0.25, 0.3) is 11.3 Å². The number of hydrogen-bond donors (Lipinski definition) is 1. The van der Waals surface area contributed by atoms with Crippen molar-refractivity contribution >= 4 is 38.9 Å². The van der Waals surface area contributed by atoms with Crippen LogP contribution in [0, 0.1) is 0 Å². The summed E-state index contributed by atoms with van der Waals surface area (Å²) in [6, 6.07) is 8.93. The number of rotatable bonds is 7. The third-order valence-electron chi connectivity index (χ3n) is 5.32. The van der Waals surface area contributed by atoms with Crippen molar-refractivity contribution in [2.75, 3.05) is 6.54 Å². The lowest BCUT2D eigenvalue weighted by Crippen LogP contribution is -2.45. The summed E-state index contributed by atoms with van der Waals surface area (Å²) < 4.78 is 95.5. The number of sulfonamides is 1. The number of carbonyl (C=O) groups is 1. The predicted molar refractivity (Wildman–Crippen MR) is 125 cm³/mol. The topological polar surface area (TPSA) is 88.6 Å². The average molecular weight is 582 g/mol. The van der Waals surface area contributed by atoms with Gasteiger partial charge < -0.3 is 10.1 Å². The van der Waals surface area contributed by atoms with E-state index in [4.69, 9.17) is 11.6 Å². The second kappa shape index (κ2) is 10.2. The Morgan fingerprint density at radius 3 is 2.51 bits per heavy atom. The molecule has 198 valence electrons. The highest BCUT2D eigenvalue weighted by molar-refractivity contribution is 7.91. The maximum atomic E-state index is 14.2. The second-order valence-corrected chi connectivity index (χ2v) is 11.9. The standard InChI is InChI=1S/C22H17ClF5N3O4S2/c23-18-5-6-19(36-18)37(33,34)31-12-21(24,25)10-17(31)20(32)30-11-13-7-8-29-16(9-13)14-1-3-15(4-2-14)35-22(26,27)28/h1-9,17H,10-12H2,(H,30,32)/t17-/m0/s1. The number of halogens is 6. The first-order valence-electron chi connectivity index (χ1n) is 10.5. The van der Waals surface area contributed by atoms with E-state index in [9.17, 15) is 35.2 Å². The van der Waals surface area contributed by atoms with Crippen LogP contribution >= 0.6 is 22.9 Å². The zero-order valence-electron chi connectivity index (χ0n) is 18.5. The molecule has 37 heavy (non-hydrogen) atoms. The molecule has 3 aromatic rings. The summed E-state index contributed by atoms with van der Waals surface area (Å²) in [7, 11) is -4.39. The summed E-state index contributed by atoms with van der Waals surface area (Å²) in [4.78, 5) is 17.0. The third-order valence-corrected chi connectivity index (χ3v) is 8.87. The van der Waals surface area contributed by atoms with E-state index in [1.54, 1.807) is 6.07 Å². The molecule has 2 aromatic heterocycles. The number of alkyl halides is 5. The van der Waals surface area contributed by atoms with Crippen LogP contribution in [0.15, 0.2) is 58.9 Å². The molecule has 1 aromatic carbocycles. The van der Waals surface area contributed by atoms with Gasteiger partial charge in [0.15, 0.2) is 0 Å². The van der Waals surface area contributed by atoms with Crippen LogP contribution in [-0.4, -0.2) is 48.5 Å². The molecule has 1 aliphatic heterocycles. The molecule has 15 heteroatoms. The molecule has 1 fully saturated rings. The normalized spacial score (nSPS) is 18.1. The Morgan fingerprint density at radius 2 is 1.89 bits per heavy atom. The van der Waals surface area contributed by atoms with Crippen LogP contribution in [-0.2, 0) is 21.4 Å². The van der Waals surface area contributed by atoms with E-state index in [1.807, 2.05) is 0 Å². The highest BCUT2D eigenvalue weighted by Gasteiger charge is 2.53. The van der Waals surface area contributed by atoms with Gasteiger partial charge in [-0.25, -0.2) is 17.2 Å². The maximum absolute atomic E-state index is 14.2. The highest BCUT2D eigenvalue weighted by Crippen LogP contribution is 2.38. The summed E-state index contributed by atoms with van der Waals surface area (Å²) in [6.45, 7) is -1.28. The monoisotopic (exact) mass is 581 g/mol. The molecule has 1 N–H and O–H groups in total. The van der Waals surface area contributed by atoms with Gasteiger partial charge in [0, 0.05) is 24.7 Å². The number of carbonyl (C=O) groups excluding carboxylic acids is 1. The first-order valence-corrected chi connectivity index (χ1v) is 13.1. The maximum Gasteiger partial charge on any atom is 0.573 e. The van der Waals surface area contributed by atoms with E-state index in [1.165, 1.54) is 36.5 Å². The van der Waals surface area contributed by atoms with Gasteiger partial charge in [0.2, 0.25) is 5.91 Å². The van der Waals surface area contributed by atoms with Crippen molar-refractivity contribution in [1.29, 1.82) is 0 Å².